The summed E-state index contributed by atoms with van der Waals surface area (Å²) >= 11 is 5.92. The van der Waals surface area contributed by atoms with Crippen LogP contribution in [0.5, 0.6) is 5.75 Å². The molecule has 0 atom stereocenters. The predicted octanol–water partition coefficient (Wildman–Crippen LogP) is 5.37. The third kappa shape index (κ3) is 5.70. The maximum absolute atomic E-state index is 14.5. The van der Waals surface area contributed by atoms with Gasteiger partial charge >= 0.3 is 5.97 Å². The molecule has 0 bridgehead atoms. The normalized spacial score (nSPS) is 14.2. The number of allylic oxidation sites excluding steroid dienone is 1. The zero-order valence-corrected chi connectivity index (χ0v) is 20.7. The molecule has 1 N–H and O–H groups in total. The molecule has 0 fully saturated rings. The molecule has 9 heteroatoms. The average Bonchev–Trinajstić information content (AvgIpc) is 3.12. The molecule has 0 unspecified atom stereocenters. The predicted molar refractivity (Wildman–Crippen MR) is 139 cm³/mol. The molecule has 7 nitrogen and oxygen atoms in total. The molecule has 37 heavy (non-hydrogen) atoms. The fourth-order valence-corrected chi connectivity index (χ4v) is 4.03. The van der Waals surface area contributed by atoms with E-state index in [1.54, 1.807) is 61.5 Å². The largest absolute Gasteiger partial charge is 0.484 e. The van der Waals surface area contributed by atoms with Crippen LogP contribution < -0.4 is 15.0 Å². The first-order valence-corrected chi connectivity index (χ1v) is 11.5. The highest BCUT2D eigenvalue weighted by Gasteiger charge is 2.38. The van der Waals surface area contributed by atoms with E-state index in [1.807, 2.05) is 0 Å². The molecule has 3 aromatic carbocycles. The molecular weight excluding hydrogens is 499 g/mol. The van der Waals surface area contributed by atoms with E-state index in [9.17, 15) is 18.8 Å². The van der Waals surface area contributed by atoms with Gasteiger partial charge in [-0.05, 0) is 61.0 Å². The molecule has 0 aromatic heterocycles. The van der Waals surface area contributed by atoms with E-state index in [-0.39, 0.29) is 35.0 Å². The average molecular weight is 521 g/mol. The van der Waals surface area contributed by atoms with Gasteiger partial charge in [-0.3, -0.25) is 14.5 Å². The number of para-hydroxylation sites is 1. The smallest absolute Gasteiger partial charge is 0.340 e. The van der Waals surface area contributed by atoms with Gasteiger partial charge in [0.2, 0.25) is 0 Å². The quantitative estimate of drug-likeness (QED) is 0.334. The van der Waals surface area contributed by atoms with Crippen LogP contribution in [0.1, 0.15) is 12.5 Å². The van der Waals surface area contributed by atoms with Crippen LogP contribution in [0.15, 0.2) is 89.6 Å². The minimum absolute atomic E-state index is 0.0367. The number of carbonyl (C=O) groups is 3. The Labute approximate surface area is 217 Å². The van der Waals surface area contributed by atoms with Crippen molar-refractivity contribution in [3.8, 4) is 5.75 Å². The van der Waals surface area contributed by atoms with Crippen molar-refractivity contribution in [3.05, 3.63) is 106 Å². The van der Waals surface area contributed by atoms with Gasteiger partial charge in [-0.2, -0.15) is 0 Å². The van der Waals surface area contributed by atoms with Crippen LogP contribution in [0, 0.1) is 5.82 Å². The number of hydrogen-bond acceptors (Lipinski definition) is 5. The van der Waals surface area contributed by atoms with E-state index < -0.39 is 17.7 Å². The van der Waals surface area contributed by atoms with Gasteiger partial charge in [-0.1, -0.05) is 41.9 Å². The third-order valence-corrected chi connectivity index (χ3v) is 5.79. The Balaban J connectivity index is 1.51. The minimum Gasteiger partial charge on any atom is -0.484 e. The van der Waals surface area contributed by atoms with Gasteiger partial charge < -0.3 is 14.8 Å². The van der Waals surface area contributed by atoms with Crippen LogP contribution in [0.25, 0.3) is 6.08 Å². The van der Waals surface area contributed by atoms with Gasteiger partial charge in [0.1, 0.15) is 11.6 Å². The van der Waals surface area contributed by atoms with Gasteiger partial charge in [0.25, 0.3) is 11.8 Å². The molecule has 0 spiro atoms. The number of methoxy groups -OCH3 is 1. The SMILES string of the molecule is COC(=O)C1=C(C)N(c2ccccc2F)C(=O)/C1=C\c1ccc(OCC(=O)Nc2cccc(Cl)c2)cc1. The number of rotatable bonds is 7. The van der Waals surface area contributed by atoms with Gasteiger partial charge in [-0.25, -0.2) is 9.18 Å². The number of amides is 2. The number of anilines is 2. The number of ether oxygens (including phenoxy) is 2. The van der Waals surface area contributed by atoms with Gasteiger partial charge in [0.15, 0.2) is 6.61 Å². The van der Waals surface area contributed by atoms with Crippen LogP contribution in [0.4, 0.5) is 15.8 Å². The minimum atomic E-state index is -0.707. The third-order valence-electron chi connectivity index (χ3n) is 5.55. The summed E-state index contributed by atoms with van der Waals surface area (Å²) in [6.07, 6.45) is 1.52. The number of nitrogens with one attached hydrogen (secondary N) is 1. The maximum Gasteiger partial charge on any atom is 0.340 e. The number of benzene rings is 3. The van der Waals surface area contributed by atoms with Crippen molar-refractivity contribution in [2.45, 2.75) is 6.92 Å². The number of carbonyl (C=O) groups excluding carboxylic acids is 3. The second kappa shape index (κ2) is 11.1. The Morgan fingerprint density at radius 3 is 2.46 bits per heavy atom. The van der Waals surface area contributed by atoms with Crippen molar-refractivity contribution in [2.24, 2.45) is 0 Å². The topological polar surface area (TPSA) is 84.9 Å². The molecule has 1 heterocycles. The van der Waals surface area contributed by atoms with Crippen LogP contribution in [-0.4, -0.2) is 31.5 Å². The van der Waals surface area contributed by atoms with E-state index in [0.29, 0.717) is 22.0 Å². The molecule has 0 radical (unpaired) electrons. The van der Waals surface area contributed by atoms with Crippen LogP contribution in [-0.2, 0) is 19.1 Å². The van der Waals surface area contributed by atoms with E-state index in [0.717, 1.165) is 4.90 Å². The van der Waals surface area contributed by atoms with Crippen molar-refractivity contribution in [2.75, 3.05) is 23.9 Å². The van der Waals surface area contributed by atoms with E-state index >= 15 is 0 Å². The lowest BCUT2D eigenvalue weighted by Gasteiger charge is -2.18. The van der Waals surface area contributed by atoms with Gasteiger partial charge in [0, 0.05) is 16.4 Å². The summed E-state index contributed by atoms with van der Waals surface area (Å²) in [7, 11) is 1.21. The van der Waals surface area contributed by atoms with Crippen molar-refractivity contribution >= 4 is 46.8 Å². The first-order valence-electron chi connectivity index (χ1n) is 11.2. The zero-order chi connectivity index (χ0) is 26.5. The first kappa shape index (κ1) is 25.7. The number of hydrogen-bond donors (Lipinski definition) is 1. The van der Waals surface area contributed by atoms with Crippen molar-refractivity contribution in [1.82, 2.24) is 0 Å². The Bertz CT molecular complexity index is 1430. The molecule has 3 aromatic rings. The summed E-state index contributed by atoms with van der Waals surface area (Å²) in [5, 5.41) is 3.19. The number of esters is 1. The van der Waals surface area contributed by atoms with E-state index in [1.165, 1.54) is 31.4 Å². The highest BCUT2D eigenvalue weighted by atomic mass is 35.5. The molecule has 0 saturated heterocycles. The number of nitrogens with zero attached hydrogens (tertiary/aromatic N) is 1. The molecule has 2 amide bonds. The molecule has 1 aliphatic heterocycles. The number of halogens is 2. The molecule has 188 valence electrons. The molecular formula is C28H22ClFN2O5. The van der Waals surface area contributed by atoms with Crippen molar-refractivity contribution in [1.29, 1.82) is 0 Å². The summed E-state index contributed by atoms with van der Waals surface area (Å²) in [4.78, 5) is 39.1. The first-order chi connectivity index (χ1) is 17.8. The summed E-state index contributed by atoms with van der Waals surface area (Å²) < 4.78 is 24.9. The van der Waals surface area contributed by atoms with Gasteiger partial charge in [0.05, 0.1) is 23.9 Å². The zero-order valence-electron chi connectivity index (χ0n) is 20.0. The van der Waals surface area contributed by atoms with E-state index in [2.05, 4.69) is 5.32 Å². The molecule has 4 rings (SSSR count). The Kier molecular flexibility index (Phi) is 7.69. The fourth-order valence-electron chi connectivity index (χ4n) is 3.84. The van der Waals surface area contributed by atoms with Crippen molar-refractivity contribution in [3.63, 3.8) is 0 Å². The van der Waals surface area contributed by atoms with Crippen LogP contribution >= 0.6 is 11.6 Å². The van der Waals surface area contributed by atoms with Crippen LogP contribution in [0.2, 0.25) is 5.02 Å². The lowest BCUT2D eigenvalue weighted by Crippen LogP contribution is -2.25. The highest BCUT2D eigenvalue weighted by Crippen LogP contribution is 2.36. The van der Waals surface area contributed by atoms with Crippen LogP contribution in [0.3, 0.4) is 0 Å². The Morgan fingerprint density at radius 2 is 1.78 bits per heavy atom. The summed E-state index contributed by atoms with van der Waals surface area (Å²) in [5.74, 6) is -1.79. The lowest BCUT2D eigenvalue weighted by molar-refractivity contribution is -0.136. The fraction of sp³-hybridized carbons (Fsp3) is 0.107. The lowest BCUT2D eigenvalue weighted by atomic mass is 10.0. The second-order valence-electron chi connectivity index (χ2n) is 8.02. The summed E-state index contributed by atoms with van der Waals surface area (Å²) in [6, 6.07) is 19.2. The Hall–Kier alpha value is -4.43. The second-order valence-corrected chi connectivity index (χ2v) is 8.45. The molecule has 1 aliphatic rings. The Morgan fingerprint density at radius 1 is 1.05 bits per heavy atom. The van der Waals surface area contributed by atoms with Gasteiger partial charge in [-0.15, -0.1) is 0 Å². The summed E-state index contributed by atoms with van der Waals surface area (Å²) in [6.45, 7) is 1.33. The highest BCUT2D eigenvalue weighted by molar-refractivity contribution is 6.31. The molecule has 0 saturated carbocycles. The van der Waals surface area contributed by atoms with E-state index in [4.69, 9.17) is 21.1 Å². The summed E-state index contributed by atoms with van der Waals surface area (Å²) in [5.41, 5.74) is 1.56. The van der Waals surface area contributed by atoms with Crippen molar-refractivity contribution < 1.29 is 28.2 Å². The monoisotopic (exact) mass is 520 g/mol. The maximum atomic E-state index is 14.5. The standard InChI is InChI=1S/C28H22ClFN2O5/c1-17-26(28(35)36-2)22(27(34)32(17)24-9-4-3-8-23(24)30)14-18-10-12-21(13-11-18)37-16-25(33)31-20-7-5-6-19(29)15-20/h3-15H,16H2,1-2H3,(H,31,33)/b22-14-. The molecule has 0 aliphatic carbocycles.